The maximum Gasteiger partial charge on any atom is 0.0758 e. The van der Waals surface area contributed by atoms with Gasteiger partial charge in [-0.05, 0) is 62.2 Å². The van der Waals surface area contributed by atoms with Gasteiger partial charge in [0.15, 0.2) is 0 Å². The Bertz CT molecular complexity index is 323. The first-order valence-electron chi connectivity index (χ1n) is 4.63. The van der Waals surface area contributed by atoms with Crippen LogP contribution in [-0.2, 0) is 0 Å². The topological polar surface area (TPSA) is 38.0 Å². The van der Waals surface area contributed by atoms with Crippen molar-refractivity contribution in [3.8, 4) is 0 Å². The van der Waals surface area contributed by atoms with E-state index in [9.17, 15) is 0 Å². The van der Waals surface area contributed by atoms with Crippen molar-refractivity contribution in [1.82, 2.24) is 5.43 Å². The number of hydrogen-bond acceptors (Lipinski definition) is 3. The second-order valence-corrected chi connectivity index (χ2v) is 7.36. The van der Waals surface area contributed by atoms with E-state index in [1.54, 1.807) is 11.3 Å². The molecule has 1 unspecified atom stereocenters. The highest BCUT2D eigenvalue weighted by Crippen LogP contribution is 2.43. The number of rotatable bonds is 3. The van der Waals surface area contributed by atoms with Gasteiger partial charge in [0.05, 0.1) is 13.6 Å². The fourth-order valence-electron chi connectivity index (χ4n) is 1.82. The second-order valence-electron chi connectivity index (χ2n) is 3.61. The molecule has 1 aliphatic carbocycles. The SMILES string of the molecule is NNC(c1cc(Br)sc1Br)C1CCC1. The van der Waals surface area contributed by atoms with Crippen LogP contribution in [0, 0.1) is 5.92 Å². The monoisotopic (exact) mass is 338 g/mol. The van der Waals surface area contributed by atoms with Crippen LogP contribution < -0.4 is 11.3 Å². The third kappa shape index (κ3) is 2.07. The summed E-state index contributed by atoms with van der Waals surface area (Å²) in [7, 11) is 0. The van der Waals surface area contributed by atoms with E-state index >= 15 is 0 Å². The number of hydrogen-bond donors (Lipinski definition) is 2. The Morgan fingerprint density at radius 3 is 2.57 bits per heavy atom. The maximum atomic E-state index is 5.61. The molecule has 1 atom stereocenters. The smallest absolute Gasteiger partial charge is 0.0758 e. The van der Waals surface area contributed by atoms with Gasteiger partial charge in [-0.15, -0.1) is 11.3 Å². The van der Waals surface area contributed by atoms with E-state index < -0.39 is 0 Å². The van der Waals surface area contributed by atoms with Crippen molar-refractivity contribution in [2.75, 3.05) is 0 Å². The lowest BCUT2D eigenvalue weighted by Gasteiger charge is -2.33. The molecule has 0 radical (unpaired) electrons. The van der Waals surface area contributed by atoms with Gasteiger partial charge in [0, 0.05) is 0 Å². The predicted octanol–water partition coefficient (Wildman–Crippen LogP) is 3.58. The van der Waals surface area contributed by atoms with Crippen molar-refractivity contribution in [2.45, 2.75) is 25.3 Å². The maximum absolute atomic E-state index is 5.61. The summed E-state index contributed by atoms with van der Waals surface area (Å²) >= 11 is 8.77. The van der Waals surface area contributed by atoms with Crippen LogP contribution in [0.15, 0.2) is 13.6 Å². The van der Waals surface area contributed by atoms with Crippen molar-refractivity contribution in [3.05, 3.63) is 19.2 Å². The largest absolute Gasteiger partial charge is 0.271 e. The molecule has 0 aromatic carbocycles. The fraction of sp³-hybridized carbons (Fsp3) is 0.556. The number of hydrazine groups is 1. The number of nitrogens with two attached hydrogens (primary N) is 1. The number of halogens is 2. The number of thiophene rings is 1. The zero-order valence-corrected chi connectivity index (χ0v) is 11.6. The van der Waals surface area contributed by atoms with Gasteiger partial charge in [-0.1, -0.05) is 6.42 Å². The highest BCUT2D eigenvalue weighted by atomic mass is 79.9. The summed E-state index contributed by atoms with van der Waals surface area (Å²) in [6.45, 7) is 0. The van der Waals surface area contributed by atoms with Crippen LogP contribution in [0.5, 0.6) is 0 Å². The first-order valence-corrected chi connectivity index (χ1v) is 7.03. The van der Waals surface area contributed by atoms with E-state index in [4.69, 9.17) is 5.84 Å². The average molecular weight is 340 g/mol. The summed E-state index contributed by atoms with van der Waals surface area (Å²) in [5.74, 6) is 6.32. The molecule has 78 valence electrons. The molecule has 2 rings (SSSR count). The molecule has 1 heterocycles. The zero-order valence-electron chi connectivity index (χ0n) is 7.59. The molecular weight excluding hydrogens is 328 g/mol. The van der Waals surface area contributed by atoms with Crippen molar-refractivity contribution in [1.29, 1.82) is 0 Å². The van der Waals surface area contributed by atoms with E-state index in [0.29, 0.717) is 12.0 Å². The first-order chi connectivity index (χ1) is 6.72. The predicted molar refractivity (Wildman–Crippen MR) is 67.1 cm³/mol. The lowest BCUT2D eigenvalue weighted by Crippen LogP contribution is -2.36. The summed E-state index contributed by atoms with van der Waals surface area (Å²) in [6, 6.07) is 2.46. The summed E-state index contributed by atoms with van der Waals surface area (Å²) in [6.07, 6.45) is 3.91. The third-order valence-electron chi connectivity index (χ3n) is 2.82. The van der Waals surface area contributed by atoms with Gasteiger partial charge in [0.25, 0.3) is 0 Å². The summed E-state index contributed by atoms with van der Waals surface area (Å²) in [5.41, 5.74) is 4.22. The Hall–Kier alpha value is 0.580. The lowest BCUT2D eigenvalue weighted by molar-refractivity contribution is 0.232. The molecular formula is C9H12Br2N2S. The molecule has 1 aromatic heterocycles. The van der Waals surface area contributed by atoms with Crippen LogP contribution in [0.3, 0.4) is 0 Å². The minimum atomic E-state index is 0.306. The molecule has 2 nitrogen and oxygen atoms in total. The highest BCUT2D eigenvalue weighted by molar-refractivity contribution is 9.12. The van der Waals surface area contributed by atoms with E-state index in [0.717, 1.165) is 3.79 Å². The molecule has 1 saturated carbocycles. The summed E-state index contributed by atoms with van der Waals surface area (Å²) in [5, 5.41) is 0. The Morgan fingerprint density at radius 2 is 2.21 bits per heavy atom. The highest BCUT2D eigenvalue weighted by Gasteiger charge is 2.29. The van der Waals surface area contributed by atoms with Gasteiger partial charge < -0.3 is 0 Å². The van der Waals surface area contributed by atoms with Gasteiger partial charge >= 0.3 is 0 Å². The van der Waals surface area contributed by atoms with Crippen molar-refractivity contribution < 1.29 is 0 Å². The van der Waals surface area contributed by atoms with Gasteiger partial charge in [0.1, 0.15) is 0 Å². The minimum absolute atomic E-state index is 0.306. The Labute approximate surface area is 104 Å². The van der Waals surface area contributed by atoms with Crippen LogP contribution in [0.2, 0.25) is 0 Å². The summed E-state index contributed by atoms with van der Waals surface area (Å²) in [4.78, 5) is 0. The average Bonchev–Trinajstić information content (AvgIpc) is 2.37. The van der Waals surface area contributed by atoms with E-state index in [1.807, 2.05) is 0 Å². The molecule has 3 N–H and O–H groups in total. The standard InChI is InChI=1S/C9H12Br2N2S/c10-7-4-6(9(11)14-7)8(13-12)5-2-1-3-5/h4-5,8,13H,1-3,12H2. The Kier molecular flexibility index (Phi) is 3.65. The van der Waals surface area contributed by atoms with Gasteiger partial charge in [0.2, 0.25) is 0 Å². The number of nitrogens with one attached hydrogen (secondary N) is 1. The third-order valence-corrected chi connectivity index (χ3v) is 5.20. The van der Waals surface area contributed by atoms with Crippen LogP contribution in [0.25, 0.3) is 0 Å². The molecule has 0 spiro atoms. The van der Waals surface area contributed by atoms with Crippen molar-refractivity contribution in [3.63, 3.8) is 0 Å². The molecule has 0 amide bonds. The van der Waals surface area contributed by atoms with E-state index in [-0.39, 0.29) is 0 Å². The molecule has 1 aromatic rings. The molecule has 1 aliphatic rings. The first kappa shape index (κ1) is 11.1. The molecule has 0 bridgehead atoms. The molecule has 14 heavy (non-hydrogen) atoms. The van der Waals surface area contributed by atoms with Crippen LogP contribution in [0.1, 0.15) is 30.9 Å². The van der Waals surface area contributed by atoms with Crippen LogP contribution in [-0.4, -0.2) is 0 Å². The molecule has 0 aliphatic heterocycles. The quantitative estimate of drug-likeness (QED) is 0.652. The van der Waals surface area contributed by atoms with Crippen molar-refractivity contribution >= 4 is 43.2 Å². The van der Waals surface area contributed by atoms with Gasteiger partial charge in [-0.3, -0.25) is 11.3 Å². The van der Waals surface area contributed by atoms with Crippen molar-refractivity contribution in [2.24, 2.45) is 11.8 Å². The fourth-order valence-corrected chi connectivity index (χ4v) is 4.75. The van der Waals surface area contributed by atoms with Crippen LogP contribution >= 0.6 is 43.2 Å². The minimum Gasteiger partial charge on any atom is -0.271 e. The lowest BCUT2D eigenvalue weighted by atomic mass is 9.78. The summed E-state index contributed by atoms with van der Waals surface area (Å²) < 4.78 is 2.33. The van der Waals surface area contributed by atoms with E-state index in [1.165, 1.54) is 28.6 Å². The van der Waals surface area contributed by atoms with Gasteiger partial charge in [-0.2, -0.15) is 0 Å². The molecule has 1 fully saturated rings. The van der Waals surface area contributed by atoms with E-state index in [2.05, 4.69) is 43.4 Å². The van der Waals surface area contributed by atoms with Crippen LogP contribution in [0.4, 0.5) is 0 Å². The Balaban J connectivity index is 2.21. The van der Waals surface area contributed by atoms with Gasteiger partial charge in [-0.25, -0.2) is 0 Å². The Morgan fingerprint density at radius 1 is 1.50 bits per heavy atom. The zero-order chi connectivity index (χ0) is 10.1. The second kappa shape index (κ2) is 4.61. The normalized spacial score (nSPS) is 19.4. The molecule has 5 heteroatoms. The molecule has 0 saturated heterocycles.